The maximum Gasteiger partial charge on any atom is 0.0461 e. The smallest absolute Gasteiger partial charge is 0.0461 e. The van der Waals surface area contributed by atoms with Crippen molar-refractivity contribution in [1.82, 2.24) is 0 Å². The number of nitrogens with two attached hydrogens (primary N) is 1. The lowest BCUT2D eigenvalue weighted by Gasteiger charge is -2.09. The molecule has 74 valence electrons. The van der Waals surface area contributed by atoms with Gasteiger partial charge in [0.25, 0.3) is 0 Å². The molecule has 0 bridgehead atoms. The first-order chi connectivity index (χ1) is 6.77. The van der Waals surface area contributed by atoms with Gasteiger partial charge in [-0.15, -0.1) is 23.1 Å². The van der Waals surface area contributed by atoms with E-state index in [1.165, 1.54) is 20.5 Å². The van der Waals surface area contributed by atoms with E-state index in [0.29, 0.717) is 0 Å². The van der Waals surface area contributed by atoms with Crippen LogP contribution in [-0.4, -0.2) is 6.26 Å². The van der Waals surface area contributed by atoms with E-state index < -0.39 is 0 Å². The number of aryl methyl sites for hydroxylation is 1. The predicted octanol–water partition coefficient (Wildman–Crippen LogP) is 3.77. The molecule has 1 nitrogen and oxygen atoms in total. The van der Waals surface area contributed by atoms with Gasteiger partial charge in [0.2, 0.25) is 0 Å². The summed E-state index contributed by atoms with van der Waals surface area (Å²) in [4.78, 5) is 1.25. The molecule has 1 heterocycles. The number of fused-ring (bicyclic) bond motifs is 1. The van der Waals surface area contributed by atoms with Crippen LogP contribution >= 0.6 is 23.1 Å². The Balaban J connectivity index is 2.82. The lowest BCUT2D eigenvalue weighted by atomic mass is 10.1. The number of hydrogen-bond acceptors (Lipinski definition) is 3. The number of nitrogen functional groups attached to an aromatic ring is 1. The Bertz CT molecular complexity index is 460. The molecule has 1 aromatic heterocycles. The van der Waals surface area contributed by atoms with E-state index in [2.05, 4.69) is 30.7 Å². The standard InChI is InChI=1S/C11H13NS2/c1-3-8-10-7(4-5-14-10)6-9(12)11(8)13-2/h4-6H,3,12H2,1-2H3. The van der Waals surface area contributed by atoms with E-state index in [0.717, 1.165) is 12.1 Å². The molecule has 1 aromatic carbocycles. The van der Waals surface area contributed by atoms with Crippen LogP contribution in [0, 0.1) is 0 Å². The van der Waals surface area contributed by atoms with E-state index in [4.69, 9.17) is 5.73 Å². The van der Waals surface area contributed by atoms with E-state index in [-0.39, 0.29) is 0 Å². The molecule has 0 aliphatic rings. The van der Waals surface area contributed by atoms with Crippen LogP contribution in [-0.2, 0) is 6.42 Å². The minimum atomic E-state index is 0.917. The molecule has 14 heavy (non-hydrogen) atoms. The van der Waals surface area contributed by atoms with Crippen LogP contribution in [0.5, 0.6) is 0 Å². The van der Waals surface area contributed by atoms with Gasteiger partial charge in [0.1, 0.15) is 0 Å². The summed E-state index contributed by atoms with van der Waals surface area (Å²) in [6.07, 6.45) is 3.14. The summed E-state index contributed by atoms with van der Waals surface area (Å²) in [6, 6.07) is 4.22. The van der Waals surface area contributed by atoms with Crippen molar-refractivity contribution in [2.45, 2.75) is 18.2 Å². The molecule has 2 aromatic rings. The fourth-order valence-electron chi connectivity index (χ4n) is 1.75. The highest BCUT2D eigenvalue weighted by atomic mass is 32.2. The highest BCUT2D eigenvalue weighted by Crippen LogP contribution is 2.36. The third kappa shape index (κ3) is 1.41. The number of anilines is 1. The molecule has 0 atom stereocenters. The van der Waals surface area contributed by atoms with Crippen molar-refractivity contribution in [2.24, 2.45) is 0 Å². The van der Waals surface area contributed by atoms with E-state index in [9.17, 15) is 0 Å². The van der Waals surface area contributed by atoms with Gasteiger partial charge >= 0.3 is 0 Å². The summed E-state index contributed by atoms with van der Waals surface area (Å²) in [5, 5.41) is 3.41. The molecular weight excluding hydrogens is 210 g/mol. The van der Waals surface area contributed by atoms with Crippen LogP contribution in [0.15, 0.2) is 22.4 Å². The van der Waals surface area contributed by atoms with E-state index in [1.807, 2.05) is 11.3 Å². The number of rotatable bonds is 2. The maximum atomic E-state index is 6.02. The van der Waals surface area contributed by atoms with Crippen molar-refractivity contribution in [1.29, 1.82) is 0 Å². The van der Waals surface area contributed by atoms with Crippen molar-refractivity contribution in [3.8, 4) is 0 Å². The minimum Gasteiger partial charge on any atom is -0.398 e. The van der Waals surface area contributed by atoms with Crippen molar-refractivity contribution >= 4 is 38.9 Å². The summed E-state index contributed by atoms with van der Waals surface area (Å²) in [6.45, 7) is 2.19. The van der Waals surface area contributed by atoms with Crippen LogP contribution in [0.1, 0.15) is 12.5 Å². The second kappa shape index (κ2) is 3.83. The van der Waals surface area contributed by atoms with Crippen LogP contribution < -0.4 is 5.73 Å². The molecule has 2 N–H and O–H groups in total. The first-order valence-corrected chi connectivity index (χ1v) is 6.71. The highest BCUT2D eigenvalue weighted by molar-refractivity contribution is 7.98. The number of thiophene rings is 1. The average Bonchev–Trinajstić information content (AvgIpc) is 2.62. The zero-order chi connectivity index (χ0) is 10.1. The topological polar surface area (TPSA) is 26.0 Å². The molecule has 0 saturated carbocycles. The van der Waals surface area contributed by atoms with Crippen molar-refractivity contribution < 1.29 is 0 Å². The van der Waals surface area contributed by atoms with Crippen molar-refractivity contribution in [3.05, 3.63) is 23.1 Å². The second-order valence-corrected chi connectivity index (χ2v) is 4.90. The molecule has 0 amide bonds. The quantitative estimate of drug-likeness (QED) is 0.619. The van der Waals surface area contributed by atoms with Crippen LogP contribution in [0.3, 0.4) is 0 Å². The number of thioether (sulfide) groups is 1. The maximum absolute atomic E-state index is 6.02. The van der Waals surface area contributed by atoms with Crippen LogP contribution in [0.4, 0.5) is 5.69 Å². The zero-order valence-electron chi connectivity index (χ0n) is 8.33. The Hall–Kier alpha value is -0.670. The summed E-state index contributed by atoms with van der Waals surface area (Å²) < 4.78 is 1.39. The Kier molecular flexibility index (Phi) is 2.70. The SMILES string of the molecule is CCc1c(SC)c(N)cc2ccsc12. The van der Waals surface area contributed by atoms with Crippen molar-refractivity contribution in [2.75, 3.05) is 12.0 Å². The van der Waals surface area contributed by atoms with Gasteiger partial charge in [-0.25, -0.2) is 0 Å². The van der Waals surface area contributed by atoms with Gasteiger partial charge in [0.05, 0.1) is 0 Å². The van der Waals surface area contributed by atoms with Gasteiger partial charge in [-0.05, 0) is 41.1 Å². The molecule has 0 spiro atoms. The van der Waals surface area contributed by atoms with E-state index >= 15 is 0 Å². The van der Waals surface area contributed by atoms with E-state index in [1.54, 1.807) is 11.8 Å². The van der Waals surface area contributed by atoms with Crippen LogP contribution in [0.25, 0.3) is 10.1 Å². The number of hydrogen-bond donors (Lipinski definition) is 1. The molecule has 2 rings (SSSR count). The first kappa shape index (κ1) is 9.87. The molecule has 0 radical (unpaired) electrons. The largest absolute Gasteiger partial charge is 0.398 e. The highest BCUT2D eigenvalue weighted by Gasteiger charge is 2.10. The van der Waals surface area contributed by atoms with Crippen LogP contribution in [0.2, 0.25) is 0 Å². The molecular formula is C11H13NS2. The zero-order valence-corrected chi connectivity index (χ0v) is 9.97. The summed E-state index contributed by atoms with van der Waals surface area (Å²) in [5.74, 6) is 0. The molecule has 0 aliphatic heterocycles. The number of benzene rings is 1. The normalized spacial score (nSPS) is 11.0. The lowest BCUT2D eigenvalue weighted by molar-refractivity contribution is 1.11. The lowest BCUT2D eigenvalue weighted by Crippen LogP contribution is -1.93. The molecule has 0 saturated heterocycles. The molecule has 3 heteroatoms. The molecule has 0 aliphatic carbocycles. The van der Waals surface area contributed by atoms with Gasteiger partial charge in [0.15, 0.2) is 0 Å². The van der Waals surface area contributed by atoms with Gasteiger partial charge in [-0.2, -0.15) is 0 Å². The minimum absolute atomic E-state index is 0.917. The molecule has 0 fully saturated rings. The summed E-state index contributed by atoms with van der Waals surface area (Å²) >= 11 is 3.55. The average molecular weight is 223 g/mol. The Morgan fingerprint density at radius 2 is 2.29 bits per heavy atom. The Morgan fingerprint density at radius 3 is 2.93 bits per heavy atom. The van der Waals surface area contributed by atoms with Gasteiger partial charge < -0.3 is 5.73 Å². The summed E-state index contributed by atoms with van der Waals surface area (Å²) in [5.41, 5.74) is 8.34. The third-order valence-corrected chi connectivity index (χ3v) is 4.26. The van der Waals surface area contributed by atoms with Gasteiger partial charge in [0, 0.05) is 15.3 Å². The third-order valence-electron chi connectivity index (χ3n) is 2.37. The van der Waals surface area contributed by atoms with Crippen molar-refractivity contribution in [3.63, 3.8) is 0 Å². The molecule has 0 unspecified atom stereocenters. The Morgan fingerprint density at radius 1 is 1.50 bits per heavy atom. The second-order valence-electron chi connectivity index (χ2n) is 3.17. The fourth-order valence-corrected chi connectivity index (χ4v) is 3.61. The Labute approximate surface area is 92.3 Å². The van der Waals surface area contributed by atoms with Gasteiger partial charge in [-0.3, -0.25) is 0 Å². The fraction of sp³-hybridized carbons (Fsp3) is 0.273. The first-order valence-electron chi connectivity index (χ1n) is 4.60. The monoisotopic (exact) mass is 223 g/mol. The predicted molar refractivity (Wildman–Crippen MR) is 67.4 cm³/mol. The summed E-state index contributed by atoms with van der Waals surface area (Å²) in [7, 11) is 0. The van der Waals surface area contributed by atoms with Gasteiger partial charge in [-0.1, -0.05) is 6.92 Å².